The molecule has 0 bridgehead atoms. The van der Waals surface area contributed by atoms with E-state index >= 15 is 0 Å². The van der Waals surface area contributed by atoms with Crippen LogP contribution in [-0.4, -0.2) is 9.79 Å². The first-order valence-electron chi connectivity index (χ1n) is 3.95. The molecule has 0 rings (SSSR count). The number of hydrogen-bond donors (Lipinski definition) is 2. The second kappa shape index (κ2) is 6.23. The van der Waals surface area contributed by atoms with E-state index in [0.29, 0.717) is 0 Å². The third kappa shape index (κ3) is 9.69. The van der Waals surface area contributed by atoms with E-state index in [1.807, 2.05) is 0 Å². The van der Waals surface area contributed by atoms with Crippen molar-refractivity contribution < 1.29 is 18.9 Å². The molecule has 0 aromatic rings. The molecule has 4 nitrogen and oxygen atoms in total. The molecule has 5 heteroatoms. The van der Waals surface area contributed by atoms with Gasteiger partial charge in [0.25, 0.3) is 0 Å². The summed E-state index contributed by atoms with van der Waals surface area (Å²) in [5.74, 6) is 0. The fourth-order valence-corrected chi connectivity index (χ4v) is 0.947. The molecule has 0 amide bonds. The topological polar surface area (TPSA) is 66.8 Å². The average Bonchev–Trinajstić information content (AvgIpc) is 1.94. The molecule has 0 saturated carbocycles. The lowest BCUT2D eigenvalue weighted by molar-refractivity contribution is 0.258. The number of rotatable bonds is 6. The Morgan fingerprint density at radius 2 is 2.08 bits per heavy atom. The van der Waals surface area contributed by atoms with Gasteiger partial charge in [0.2, 0.25) is 0 Å². The summed E-state index contributed by atoms with van der Waals surface area (Å²) in [5.41, 5.74) is 0. The summed E-state index contributed by atoms with van der Waals surface area (Å²) < 4.78 is 14.2. The first-order chi connectivity index (χ1) is 5.56. The predicted octanol–water partition coefficient (Wildman–Crippen LogP) is 2.19. The predicted molar refractivity (Wildman–Crippen MR) is 46.4 cm³/mol. The van der Waals surface area contributed by atoms with Crippen molar-refractivity contribution in [3.63, 3.8) is 0 Å². The third-order valence-corrected chi connectivity index (χ3v) is 1.67. The van der Waals surface area contributed by atoms with Crippen molar-refractivity contribution >= 4 is 7.82 Å². The molecule has 72 valence electrons. The van der Waals surface area contributed by atoms with Crippen LogP contribution in [0.4, 0.5) is 0 Å². The normalized spacial score (nSPS) is 12.2. The molecule has 0 heterocycles. The summed E-state index contributed by atoms with van der Waals surface area (Å²) in [6.07, 6.45) is 6.77. The standard InChI is InChI=1S/C7H15O4P/c1-2-3-4-5-6-7-11-12(8,9)10/h6-7H,2-5H2,1H3,(H2,8,9,10)/b7-6+. The smallest absolute Gasteiger partial charge is 0.413 e. The molecule has 2 N–H and O–H groups in total. The summed E-state index contributed by atoms with van der Waals surface area (Å²) >= 11 is 0. The van der Waals surface area contributed by atoms with Gasteiger partial charge >= 0.3 is 7.82 Å². The van der Waals surface area contributed by atoms with Gasteiger partial charge in [-0.3, -0.25) is 9.79 Å². The minimum Gasteiger partial charge on any atom is -0.413 e. The molecule has 0 aliphatic carbocycles. The molecule has 0 aromatic carbocycles. The lowest BCUT2D eigenvalue weighted by atomic mass is 10.2. The van der Waals surface area contributed by atoms with Crippen LogP contribution in [0, 0.1) is 0 Å². The summed E-state index contributed by atoms with van der Waals surface area (Å²) in [6.45, 7) is 2.09. The van der Waals surface area contributed by atoms with Gasteiger partial charge in [-0.05, 0) is 18.9 Å². The highest BCUT2D eigenvalue weighted by Crippen LogP contribution is 2.35. The third-order valence-electron chi connectivity index (χ3n) is 1.27. The Balaban J connectivity index is 3.32. The highest BCUT2D eigenvalue weighted by Gasteiger charge is 2.10. The van der Waals surface area contributed by atoms with Gasteiger partial charge in [-0.1, -0.05) is 19.8 Å². The number of allylic oxidation sites excluding steroid dienone is 1. The van der Waals surface area contributed by atoms with Gasteiger partial charge in [0.1, 0.15) is 0 Å². The molecule has 0 saturated heterocycles. The van der Waals surface area contributed by atoms with Crippen LogP contribution in [0.15, 0.2) is 12.3 Å². The average molecular weight is 194 g/mol. The first kappa shape index (κ1) is 11.7. The highest BCUT2D eigenvalue weighted by atomic mass is 31.2. The molecule has 0 aliphatic heterocycles. The van der Waals surface area contributed by atoms with Gasteiger partial charge in [-0.25, -0.2) is 4.57 Å². The highest BCUT2D eigenvalue weighted by molar-refractivity contribution is 7.46. The van der Waals surface area contributed by atoms with Gasteiger partial charge < -0.3 is 4.52 Å². The molecule has 0 aromatic heterocycles. The lowest BCUT2D eigenvalue weighted by Crippen LogP contribution is -1.78. The van der Waals surface area contributed by atoms with Crippen LogP contribution in [-0.2, 0) is 9.09 Å². The Morgan fingerprint density at radius 1 is 1.42 bits per heavy atom. The Bertz CT molecular complexity index is 172. The van der Waals surface area contributed by atoms with Crippen molar-refractivity contribution in [2.45, 2.75) is 32.6 Å². The zero-order chi connectivity index (χ0) is 9.45. The van der Waals surface area contributed by atoms with Crippen LogP contribution in [0.25, 0.3) is 0 Å². The van der Waals surface area contributed by atoms with E-state index in [1.165, 1.54) is 0 Å². The molecular formula is C7H15O4P. The fourth-order valence-electron chi connectivity index (χ4n) is 0.703. The van der Waals surface area contributed by atoms with Gasteiger partial charge in [0, 0.05) is 0 Å². The maximum Gasteiger partial charge on any atom is 0.524 e. The Morgan fingerprint density at radius 3 is 2.58 bits per heavy atom. The van der Waals surface area contributed by atoms with Crippen LogP contribution in [0.1, 0.15) is 32.6 Å². The summed E-state index contributed by atoms with van der Waals surface area (Å²) in [5, 5.41) is 0. The zero-order valence-electron chi connectivity index (χ0n) is 7.14. The largest absolute Gasteiger partial charge is 0.524 e. The minimum atomic E-state index is -4.31. The summed E-state index contributed by atoms with van der Waals surface area (Å²) in [7, 11) is -4.31. The Kier molecular flexibility index (Phi) is 6.07. The monoisotopic (exact) mass is 194 g/mol. The van der Waals surface area contributed by atoms with Gasteiger partial charge in [-0.15, -0.1) is 0 Å². The van der Waals surface area contributed by atoms with Crippen LogP contribution in [0.2, 0.25) is 0 Å². The first-order valence-corrected chi connectivity index (χ1v) is 5.48. The van der Waals surface area contributed by atoms with Gasteiger partial charge in [0.15, 0.2) is 0 Å². The number of hydrogen-bond acceptors (Lipinski definition) is 2. The van der Waals surface area contributed by atoms with E-state index < -0.39 is 7.82 Å². The van der Waals surface area contributed by atoms with Crippen molar-refractivity contribution in [2.24, 2.45) is 0 Å². The van der Waals surface area contributed by atoms with E-state index in [0.717, 1.165) is 31.9 Å². The Hall–Kier alpha value is -0.310. The maximum atomic E-state index is 10.1. The number of unbranched alkanes of at least 4 members (excludes halogenated alkanes) is 3. The molecule has 0 spiro atoms. The second-order valence-electron chi connectivity index (χ2n) is 2.46. The van der Waals surface area contributed by atoms with Crippen LogP contribution >= 0.6 is 7.82 Å². The summed E-state index contributed by atoms with van der Waals surface area (Å²) in [4.78, 5) is 16.5. The Labute approximate surface area is 72.5 Å². The van der Waals surface area contributed by atoms with Gasteiger partial charge in [0.05, 0.1) is 6.26 Å². The van der Waals surface area contributed by atoms with E-state index in [4.69, 9.17) is 9.79 Å². The minimum absolute atomic E-state index is 0.799. The molecule has 12 heavy (non-hydrogen) atoms. The van der Waals surface area contributed by atoms with Crippen molar-refractivity contribution in [3.8, 4) is 0 Å². The second-order valence-corrected chi connectivity index (χ2v) is 3.66. The molecule has 0 fully saturated rings. The fraction of sp³-hybridized carbons (Fsp3) is 0.714. The SMILES string of the molecule is CCCCC/C=C/OP(=O)(O)O. The van der Waals surface area contributed by atoms with E-state index in [-0.39, 0.29) is 0 Å². The molecule has 0 aliphatic rings. The van der Waals surface area contributed by atoms with Gasteiger partial charge in [-0.2, -0.15) is 0 Å². The van der Waals surface area contributed by atoms with Crippen molar-refractivity contribution in [2.75, 3.05) is 0 Å². The number of phosphoric ester groups is 1. The van der Waals surface area contributed by atoms with Crippen LogP contribution in [0.5, 0.6) is 0 Å². The van der Waals surface area contributed by atoms with E-state index in [9.17, 15) is 4.57 Å². The van der Waals surface area contributed by atoms with Crippen molar-refractivity contribution in [1.29, 1.82) is 0 Å². The van der Waals surface area contributed by atoms with Crippen molar-refractivity contribution in [1.82, 2.24) is 0 Å². The van der Waals surface area contributed by atoms with Crippen LogP contribution < -0.4 is 0 Å². The molecular weight excluding hydrogens is 179 g/mol. The lowest BCUT2D eigenvalue weighted by Gasteiger charge is -1.99. The van der Waals surface area contributed by atoms with Crippen molar-refractivity contribution in [3.05, 3.63) is 12.3 Å². The van der Waals surface area contributed by atoms with Crippen LogP contribution in [0.3, 0.4) is 0 Å². The molecule has 0 atom stereocenters. The maximum absolute atomic E-state index is 10.1. The summed E-state index contributed by atoms with van der Waals surface area (Å²) in [6, 6.07) is 0. The zero-order valence-corrected chi connectivity index (χ0v) is 8.04. The molecule has 0 unspecified atom stereocenters. The molecule has 0 radical (unpaired) electrons. The number of phosphoric acid groups is 1. The quantitative estimate of drug-likeness (QED) is 0.386. The van der Waals surface area contributed by atoms with E-state index in [1.54, 1.807) is 6.08 Å². The van der Waals surface area contributed by atoms with E-state index in [2.05, 4.69) is 11.4 Å².